The molecule has 0 radical (unpaired) electrons. The minimum absolute atomic E-state index is 0.0662. The molecule has 0 saturated carbocycles. The van der Waals surface area contributed by atoms with Crippen molar-refractivity contribution in [1.29, 1.82) is 0 Å². The molecule has 116 valence electrons. The summed E-state index contributed by atoms with van der Waals surface area (Å²) in [6.07, 6.45) is 3.66. The van der Waals surface area contributed by atoms with Crippen molar-refractivity contribution in [3.63, 3.8) is 0 Å². The molecular weight excluding hydrogens is 272 g/mol. The molecule has 0 amide bonds. The Balaban J connectivity index is 2.22. The number of nitrogens with zero attached hydrogens (tertiary/aromatic N) is 5. The monoisotopic (exact) mass is 294 g/mol. The zero-order valence-electron chi connectivity index (χ0n) is 12.7. The summed E-state index contributed by atoms with van der Waals surface area (Å²) in [5.41, 5.74) is -0.0662. The molecule has 0 aromatic carbocycles. The summed E-state index contributed by atoms with van der Waals surface area (Å²) in [7, 11) is 3.47. The van der Waals surface area contributed by atoms with Crippen molar-refractivity contribution in [3.05, 3.63) is 16.4 Å². The first-order valence-electron chi connectivity index (χ1n) is 7.20. The Morgan fingerprint density at radius 2 is 2.33 bits per heavy atom. The molecule has 0 spiro atoms. The molecule has 1 atom stereocenters. The molecule has 21 heavy (non-hydrogen) atoms. The summed E-state index contributed by atoms with van der Waals surface area (Å²) >= 11 is 0. The standard InChI is InChI=1S/C13H22N6O2/c1-4-18-7-5-6-10(18)8-17(3)13-11(19(20)21)12(14-2)15-9-16-13/h9-10H,4-8H2,1-3H3,(H,14,15,16). The highest BCUT2D eigenvalue weighted by atomic mass is 16.6. The molecule has 1 aliphatic rings. The van der Waals surface area contributed by atoms with Gasteiger partial charge >= 0.3 is 5.69 Å². The largest absolute Gasteiger partial charge is 0.367 e. The maximum Gasteiger partial charge on any atom is 0.353 e. The Kier molecular flexibility index (Phi) is 4.89. The van der Waals surface area contributed by atoms with Crippen molar-refractivity contribution in [2.45, 2.75) is 25.8 Å². The van der Waals surface area contributed by atoms with Crippen molar-refractivity contribution in [2.75, 3.05) is 43.9 Å². The highest BCUT2D eigenvalue weighted by Crippen LogP contribution is 2.31. The van der Waals surface area contributed by atoms with Crippen LogP contribution >= 0.6 is 0 Å². The number of likely N-dealkylation sites (N-methyl/N-ethyl adjacent to an activating group) is 2. The third kappa shape index (κ3) is 3.21. The summed E-state index contributed by atoms with van der Waals surface area (Å²) in [6, 6.07) is 0.424. The second-order valence-corrected chi connectivity index (χ2v) is 5.21. The van der Waals surface area contributed by atoms with Gasteiger partial charge in [0, 0.05) is 26.7 Å². The van der Waals surface area contributed by atoms with Crippen molar-refractivity contribution < 1.29 is 4.92 Å². The van der Waals surface area contributed by atoms with E-state index in [1.165, 1.54) is 12.7 Å². The van der Waals surface area contributed by atoms with Crippen LogP contribution in [0.4, 0.5) is 17.3 Å². The molecule has 2 rings (SSSR count). The number of rotatable bonds is 6. The van der Waals surface area contributed by atoms with Crippen LogP contribution in [0, 0.1) is 10.1 Å². The van der Waals surface area contributed by atoms with Crippen LogP contribution in [0.1, 0.15) is 19.8 Å². The molecule has 1 aromatic heterocycles. The number of hydrogen-bond donors (Lipinski definition) is 1. The van der Waals surface area contributed by atoms with E-state index in [0.717, 1.165) is 26.1 Å². The first-order chi connectivity index (χ1) is 10.1. The van der Waals surface area contributed by atoms with Crippen LogP contribution in [0.3, 0.4) is 0 Å². The number of hydrogen-bond acceptors (Lipinski definition) is 7. The molecule has 8 nitrogen and oxygen atoms in total. The van der Waals surface area contributed by atoms with E-state index in [2.05, 4.69) is 27.1 Å². The summed E-state index contributed by atoms with van der Waals surface area (Å²) in [5.74, 6) is 0.609. The first kappa shape index (κ1) is 15.4. The second kappa shape index (κ2) is 6.66. The van der Waals surface area contributed by atoms with Crippen molar-refractivity contribution in [2.24, 2.45) is 0 Å². The van der Waals surface area contributed by atoms with Gasteiger partial charge in [0.15, 0.2) is 0 Å². The van der Waals surface area contributed by atoms with E-state index in [-0.39, 0.29) is 11.5 Å². The van der Waals surface area contributed by atoms with Gasteiger partial charge in [0.2, 0.25) is 11.6 Å². The Labute approximate surface area is 124 Å². The molecule has 1 saturated heterocycles. The van der Waals surface area contributed by atoms with E-state index in [4.69, 9.17) is 0 Å². The van der Waals surface area contributed by atoms with Gasteiger partial charge in [0.25, 0.3) is 0 Å². The summed E-state index contributed by atoms with van der Waals surface area (Å²) in [6.45, 7) is 4.98. The quantitative estimate of drug-likeness (QED) is 0.626. The fraction of sp³-hybridized carbons (Fsp3) is 0.692. The van der Waals surface area contributed by atoms with Crippen LogP contribution in [-0.2, 0) is 0 Å². The van der Waals surface area contributed by atoms with Crippen LogP contribution in [0.15, 0.2) is 6.33 Å². The van der Waals surface area contributed by atoms with Crippen molar-refractivity contribution in [3.8, 4) is 0 Å². The van der Waals surface area contributed by atoms with E-state index in [1.54, 1.807) is 7.05 Å². The SMILES string of the molecule is CCN1CCCC1CN(C)c1ncnc(NC)c1[N+](=O)[O-]. The maximum absolute atomic E-state index is 11.3. The Hall–Kier alpha value is -1.96. The molecule has 1 aliphatic heterocycles. The molecular formula is C13H22N6O2. The second-order valence-electron chi connectivity index (χ2n) is 5.21. The lowest BCUT2D eigenvalue weighted by Gasteiger charge is -2.28. The predicted molar refractivity (Wildman–Crippen MR) is 81.8 cm³/mol. The predicted octanol–water partition coefficient (Wildman–Crippen LogP) is 1.35. The highest BCUT2D eigenvalue weighted by Gasteiger charge is 2.29. The van der Waals surface area contributed by atoms with Gasteiger partial charge in [-0.05, 0) is 25.9 Å². The fourth-order valence-electron chi connectivity index (χ4n) is 2.92. The third-order valence-electron chi connectivity index (χ3n) is 3.97. The van der Waals surface area contributed by atoms with E-state index in [0.29, 0.717) is 11.9 Å². The summed E-state index contributed by atoms with van der Waals surface area (Å²) in [4.78, 5) is 23.2. The average molecular weight is 294 g/mol. The minimum Gasteiger partial charge on any atom is -0.367 e. The van der Waals surface area contributed by atoms with E-state index in [9.17, 15) is 10.1 Å². The van der Waals surface area contributed by atoms with Gasteiger partial charge < -0.3 is 10.2 Å². The van der Waals surface area contributed by atoms with Crippen molar-refractivity contribution >= 4 is 17.3 Å². The van der Waals surface area contributed by atoms with Gasteiger partial charge in [-0.25, -0.2) is 9.97 Å². The van der Waals surface area contributed by atoms with E-state index in [1.807, 2.05) is 11.9 Å². The molecule has 1 unspecified atom stereocenters. The lowest BCUT2D eigenvalue weighted by molar-refractivity contribution is -0.383. The molecule has 1 fully saturated rings. The fourth-order valence-corrected chi connectivity index (χ4v) is 2.92. The molecule has 0 bridgehead atoms. The molecule has 1 N–H and O–H groups in total. The summed E-state index contributed by atoms with van der Waals surface area (Å²) < 4.78 is 0. The number of nitrogens with one attached hydrogen (secondary N) is 1. The van der Waals surface area contributed by atoms with Gasteiger partial charge in [0.1, 0.15) is 6.33 Å². The molecule has 2 heterocycles. The molecule has 1 aromatic rings. The van der Waals surface area contributed by atoms with Gasteiger partial charge in [-0.2, -0.15) is 0 Å². The zero-order valence-corrected chi connectivity index (χ0v) is 12.7. The summed E-state index contributed by atoms with van der Waals surface area (Å²) in [5, 5.41) is 14.1. The zero-order chi connectivity index (χ0) is 15.4. The highest BCUT2D eigenvalue weighted by molar-refractivity contribution is 5.69. The lowest BCUT2D eigenvalue weighted by Crippen LogP contribution is -2.39. The molecule has 8 heteroatoms. The Morgan fingerprint density at radius 3 is 2.95 bits per heavy atom. The number of anilines is 2. The number of aromatic nitrogens is 2. The van der Waals surface area contributed by atoms with Crippen LogP contribution in [0.5, 0.6) is 0 Å². The maximum atomic E-state index is 11.3. The van der Waals surface area contributed by atoms with Crippen molar-refractivity contribution in [1.82, 2.24) is 14.9 Å². The normalized spacial score (nSPS) is 18.7. The first-order valence-corrected chi connectivity index (χ1v) is 7.20. The van der Waals surface area contributed by atoms with Crippen LogP contribution < -0.4 is 10.2 Å². The minimum atomic E-state index is -0.427. The smallest absolute Gasteiger partial charge is 0.353 e. The van der Waals surface area contributed by atoms with Gasteiger partial charge in [-0.15, -0.1) is 0 Å². The lowest BCUT2D eigenvalue weighted by atomic mass is 10.2. The Bertz CT molecular complexity index is 509. The van der Waals surface area contributed by atoms with E-state index < -0.39 is 4.92 Å². The van der Waals surface area contributed by atoms with Gasteiger partial charge in [0.05, 0.1) is 4.92 Å². The van der Waals surface area contributed by atoms with Crippen LogP contribution in [-0.4, -0.2) is 59.6 Å². The number of likely N-dealkylation sites (tertiary alicyclic amines) is 1. The van der Waals surface area contributed by atoms with Gasteiger partial charge in [-0.1, -0.05) is 6.92 Å². The third-order valence-corrected chi connectivity index (χ3v) is 3.97. The van der Waals surface area contributed by atoms with Crippen LogP contribution in [0.2, 0.25) is 0 Å². The topological polar surface area (TPSA) is 87.4 Å². The van der Waals surface area contributed by atoms with E-state index >= 15 is 0 Å². The number of nitro groups is 1. The Morgan fingerprint density at radius 1 is 1.57 bits per heavy atom. The van der Waals surface area contributed by atoms with Crippen LogP contribution in [0.25, 0.3) is 0 Å². The molecule has 0 aliphatic carbocycles. The van der Waals surface area contributed by atoms with Gasteiger partial charge in [-0.3, -0.25) is 15.0 Å². The average Bonchev–Trinajstić information content (AvgIpc) is 2.93.